The summed E-state index contributed by atoms with van der Waals surface area (Å²) in [6.45, 7) is 0. The molecule has 1 aromatic carbocycles. The molecule has 0 bridgehead atoms. The standard InChI is InChI=1S/C21H16N4O3S/c26-18(10-19-22-6-7-29-19)25-15-9-16-14(11-23-20(16)24-12-15)8-17(21(27)28)13-4-2-1-3-5-13/h1-9,11-12H,10H2,(H,23,24)(H,25,26)(H,27,28)/b17-8-. The van der Waals surface area contributed by atoms with E-state index in [1.807, 2.05) is 11.4 Å². The first-order valence-corrected chi connectivity index (χ1v) is 9.64. The van der Waals surface area contributed by atoms with Crippen LogP contribution in [0.2, 0.25) is 0 Å². The maximum atomic E-state index is 12.2. The topological polar surface area (TPSA) is 108 Å². The summed E-state index contributed by atoms with van der Waals surface area (Å²) in [4.78, 5) is 35.4. The van der Waals surface area contributed by atoms with E-state index in [9.17, 15) is 14.7 Å². The Bertz CT molecular complexity index is 1200. The minimum absolute atomic E-state index is 0.171. The van der Waals surface area contributed by atoms with Gasteiger partial charge in [-0.1, -0.05) is 30.3 Å². The molecule has 0 atom stereocenters. The number of aromatic nitrogens is 3. The molecule has 3 N–H and O–H groups in total. The number of fused-ring (bicyclic) bond motifs is 1. The Morgan fingerprint density at radius 1 is 1.21 bits per heavy atom. The largest absolute Gasteiger partial charge is 0.478 e. The molecule has 0 aliphatic heterocycles. The van der Waals surface area contributed by atoms with Crippen LogP contribution in [0.3, 0.4) is 0 Å². The number of nitrogens with zero attached hydrogens (tertiary/aromatic N) is 2. The molecule has 0 saturated carbocycles. The van der Waals surface area contributed by atoms with Crippen molar-refractivity contribution in [3.8, 4) is 0 Å². The van der Waals surface area contributed by atoms with E-state index in [0.29, 0.717) is 27.8 Å². The van der Waals surface area contributed by atoms with E-state index >= 15 is 0 Å². The second kappa shape index (κ2) is 8.07. The lowest BCUT2D eigenvalue weighted by Gasteiger charge is -2.05. The Hall–Kier alpha value is -3.78. The predicted molar refractivity (Wildman–Crippen MR) is 112 cm³/mol. The minimum Gasteiger partial charge on any atom is -0.478 e. The van der Waals surface area contributed by atoms with Crippen LogP contribution in [0.4, 0.5) is 5.69 Å². The van der Waals surface area contributed by atoms with Crippen molar-refractivity contribution < 1.29 is 14.7 Å². The van der Waals surface area contributed by atoms with Gasteiger partial charge >= 0.3 is 5.97 Å². The molecule has 4 rings (SSSR count). The van der Waals surface area contributed by atoms with Crippen LogP contribution in [0.5, 0.6) is 0 Å². The number of pyridine rings is 1. The van der Waals surface area contributed by atoms with Gasteiger partial charge in [-0.2, -0.15) is 0 Å². The zero-order valence-corrected chi connectivity index (χ0v) is 15.9. The molecule has 0 aliphatic carbocycles. The fourth-order valence-corrected chi connectivity index (χ4v) is 3.55. The van der Waals surface area contributed by atoms with Gasteiger partial charge in [0.25, 0.3) is 0 Å². The summed E-state index contributed by atoms with van der Waals surface area (Å²) >= 11 is 1.42. The molecule has 8 heteroatoms. The first-order valence-electron chi connectivity index (χ1n) is 8.76. The van der Waals surface area contributed by atoms with Crippen LogP contribution in [0.15, 0.2) is 60.4 Å². The van der Waals surface area contributed by atoms with Gasteiger partial charge in [-0.15, -0.1) is 11.3 Å². The summed E-state index contributed by atoms with van der Waals surface area (Å²) in [5.74, 6) is -1.21. The fourth-order valence-electron chi connectivity index (χ4n) is 2.94. The first kappa shape index (κ1) is 18.6. The van der Waals surface area contributed by atoms with Gasteiger partial charge < -0.3 is 15.4 Å². The smallest absolute Gasteiger partial charge is 0.336 e. The Balaban J connectivity index is 1.64. The number of carbonyl (C=O) groups excluding carboxylic acids is 1. The molecule has 0 spiro atoms. The van der Waals surface area contributed by atoms with Gasteiger partial charge in [0.05, 0.1) is 23.9 Å². The molecule has 4 aromatic rings. The van der Waals surface area contributed by atoms with E-state index in [0.717, 1.165) is 5.01 Å². The highest BCUT2D eigenvalue weighted by atomic mass is 32.1. The highest BCUT2D eigenvalue weighted by Gasteiger charge is 2.13. The normalized spacial score (nSPS) is 11.5. The molecule has 29 heavy (non-hydrogen) atoms. The zero-order chi connectivity index (χ0) is 20.2. The molecule has 0 saturated heterocycles. The molecular weight excluding hydrogens is 388 g/mol. The second-order valence-corrected chi connectivity index (χ2v) is 7.22. The van der Waals surface area contributed by atoms with Crippen LogP contribution in [0.25, 0.3) is 22.7 Å². The number of H-pyrrole nitrogens is 1. The average Bonchev–Trinajstić information content (AvgIpc) is 3.36. The Morgan fingerprint density at radius 2 is 2.03 bits per heavy atom. The zero-order valence-electron chi connectivity index (χ0n) is 15.1. The van der Waals surface area contributed by atoms with Gasteiger partial charge in [-0.3, -0.25) is 4.79 Å². The van der Waals surface area contributed by atoms with Crippen molar-refractivity contribution in [2.45, 2.75) is 6.42 Å². The molecule has 0 aliphatic rings. The van der Waals surface area contributed by atoms with Gasteiger partial charge in [0.15, 0.2) is 0 Å². The summed E-state index contributed by atoms with van der Waals surface area (Å²) in [5, 5.41) is 15.7. The third kappa shape index (κ3) is 4.22. The number of hydrogen-bond donors (Lipinski definition) is 3. The molecular formula is C21H16N4O3S. The molecule has 144 valence electrons. The number of carboxylic acids is 1. The van der Waals surface area contributed by atoms with E-state index in [1.54, 1.807) is 55.0 Å². The molecule has 3 aromatic heterocycles. The number of anilines is 1. The van der Waals surface area contributed by atoms with Crippen LogP contribution in [0, 0.1) is 0 Å². The maximum absolute atomic E-state index is 12.2. The fraction of sp³-hybridized carbons (Fsp3) is 0.0476. The van der Waals surface area contributed by atoms with Crippen LogP contribution >= 0.6 is 11.3 Å². The highest BCUT2D eigenvalue weighted by molar-refractivity contribution is 7.09. The molecule has 0 unspecified atom stereocenters. The van der Waals surface area contributed by atoms with Crippen molar-refractivity contribution in [3.05, 3.63) is 76.5 Å². The van der Waals surface area contributed by atoms with Crippen LogP contribution in [0.1, 0.15) is 16.1 Å². The van der Waals surface area contributed by atoms with Gasteiger partial charge in [-0.05, 0) is 17.7 Å². The number of nitrogens with one attached hydrogen (secondary N) is 2. The average molecular weight is 404 g/mol. The van der Waals surface area contributed by atoms with E-state index in [1.165, 1.54) is 11.3 Å². The van der Waals surface area contributed by atoms with Crippen LogP contribution in [-0.4, -0.2) is 31.9 Å². The van der Waals surface area contributed by atoms with Gasteiger partial charge in [0.2, 0.25) is 5.91 Å². The molecule has 0 fully saturated rings. The Labute approximate surface area is 169 Å². The first-order chi connectivity index (χ1) is 14.1. The van der Waals surface area contributed by atoms with Crippen molar-refractivity contribution in [1.29, 1.82) is 0 Å². The molecule has 7 nitrogen and oxygen atoms in total. The molecule has 1 amide bonds. The van der Waals surface area contributed by atoms with Crippen LogP contribution in [-0.2, 0) is 16.0 Å². The van der Waals surface area contributed by atoms with E-state index in [-0.39, 0.29) is 17.9 Å². The van der Waals surface area contributed by atoms with Crippen LogP contribution < -0.4 is 5.32 Å². The van der Waals surface area contributed by atoms with Crippen molar-refractivity contribution in [1.82, 2.24) is 15.0 Å². The van der Waals surface area contributed by atoms with Gasteiger partial charge in [-0.25, -0.2) is 14.8 Å². The minimum atomic E-state index is -1.02. The van der Waals surface area contributed by atoms with Gasteiger partial charge in [0, 0.05) is 28.7 Å². The van der Waals surface area contributed by atoms with Crippen molar-refractivity contribution in [3.63, 3.8) is 0 Å². The molecule has 0 radical (unpaired) electrons. The number of carbonyl (C=O) groups is 2. The monoisotopic (exact) mass is 404 g/mol. The van der Waals surface area contributed by atoms with E-state index in [2.05, 4.69) is 20.3 Å². The Kier molecular flexibility index (Phi) is 5.17. The SMILES string of the molecule is O=C(Cc1nccs1)Nc1cnc2[nH]cc(/C=C(\C(=O)O)c3ccccc3)c2c1. The lowest BCUT2D eigenvalue weighted by atomic mass is 10.0. The van der Waals surface area contributed by atoms with Gasteiger partial charge in [0.1, 0.15) is 10.7 Å². The summed E-state index contributed by atoms with van der Waals surface area (Å²) in [6.07, 6.45) is 6.70. The third-order valence-electron chi connectivity index (χ3n) is 4.26. The summed E-state index contributed by atoms with van der Waals surface area (Å²) in [7, 11) is 0. The number of thiazole rings is 1. The number of hydrogen-bond acceptors (Lipinski definition) is 5. The number of rotatable bonds is 6. The van der Waals surface area contributed by atoms with Crippen molar-refractivity contribution in [2.75, 3.05) is 5.32 Å². The summed E-state index contributed by atoms with van der Waals surface area (Å²) < 4.78 is 0. The highest BCUT2D eigenvalue weighted by Crippen LogP contribution is 2.25. The van der Waals surface area contributed by atoms with E-state index in [4.69, 9.17) is 0 Å². The number of carboxylic acid groups (broad SMARTS) is 1. The quantitative estimate of drug-likeness (QED) is 0.423. The lowest BCUT2D eigenvalue weighted by Crippen LogP contribution is -2.14. The maximum Gasteiger partial charge on any atom is 0.336 e. The van der Waals surface area contributed by atoms with E-state index < -0.39 is 5.97 Å². The predicted octanol–water partition coefficient (Wildman–Crippen LogP) is 3.83. The number of aromatic amines is 1. The summed E-state index contributed by atoms with van der Waals surface area (Å²) in [5.41, 5.74) is 2.58. The van der Waals surface area contributed by atoms with Crippen molar-refractivity contribution >= 4 is 51.6 Å². The number of benzene rings is 1. The third-order valence-corrected chi connectivity index (χ3v) is 5.04. The lowest BCUT2D eigenvalue weighted by molar-refractivity contribution is -0.130. The number of aliphatic carboxylic acids is 1. The Morgan fingerprint density at radius 3 is 2.76 bits per heavy atom. The number of amides is 1. The molecule has 3 heterocycles. The van der Waals surface area contributed by atoms with Crippen molar-refractivity contribution in [2.24, 2.45) is 0 Å². The second-order valence-electron chi connectivity index (χ2n) is 6.24. The summed E-state index contributed by atoms with van der Waals surface area (Å²) in [6, 6.07) is 10.7.